The third-order valence-electron chi connectivity index (χ3n) is 3.43. The molecule has 102 valence electrons. The molecule has 7 heteroatoms. The molecule has 2 aromatic heterocycles. The summed E-state index contributed by atoms with van der Waals surface area (Å²) >= 11 is 0. The number of carboxylic acids is 1. The van der Waals surface area contributed by atoms with Gasteiger partial charge in [-0.1, -0.05) is 11.3 Å². The maximum atomic E-state index is 11.1. The molecule has 0 aliphatic rings. The zero-order valence-corrected chi connectivity index (χ0v) is 11.1. The summed E-state index contributed by atoms with van der Waals surface area (Å²) in [7, 11) is 1.88. The van der Waals surface area contributed by atoms with Crippen LogP contribution in [-0.2, 0) is 13.6 Å². The number of benzene rings is 1. The van der Waals surface area contributed by atoms with Crippen LogP contribution in [0.5, 0.6) is 0 Å². The quantitative estimate of drug-likeness (QED) is 0.774. The molecule has 0 amide bonds. The first-order chi connectivity index (χ1) is 9.58. The van der Waals surface area contributed by atoms with Crippen molar-refractivity contribution >= 4 is 17.0 Å². The van der Waals surface area contributed by atoms with Gasteiger partial charge in [-0.3, -0.25) is 4.68 Å². The smallest absolute Gasteiger partial charge is 0.338 e. The van der Waals surface area contributed by atoms with Crippen LogP contribution in [0.1, 0.15) is 21.6 Å². The molecule has 0 unspecified atom stereocenters. The summed E-state index contributed by atoms with van der Waals surface area (Å²) in [4.78, 5) is 11.1. The normalized spacial score (nSPS) is 11.1. The van der Waals surface area contributed by atoms with Gasteiger partial charge >= 0.3 is 5.97 Å². The zero-order valence-electron chi connectivity index (χ0n) is 11.1. The first-order valence-electron chi connectivity index (χ1n) is 6.11. The second-order valence-corrected chi connectivity index (χ2v) is 4.60. The number of carbonyl (C=O) groups is 1. The van der Waals surface area contributed by atoms with Crippen LogP contribution in [0.3, 0.4) is 0 Å². The Kier molecular flexibility index (Phi) is 2.74. The van der Waals surface area contributed by atoms with Gasteiger partial charge in [-0.2, -0.15) is 5.10 Å². The van der Waals surface area contributed by atoms with E-state index >= 15 is 0 Å². The van der Waals surface area contributed by atoms with Crippen molar-refractivity contribution in [3.8, 4) is 0 Å². The summed E-state index contributed by atoms with van der Waals surface area (Å²) in [6.45, 7) is 2.49. The van der Waals surface area contributed by atoms with Crippen molar-refractivity contribution < 1.29 is 9.90 Å². The number of carboxylic acid groups (broad SMARTS) is 1. The molecule has 0 bridgehead atoms. The SMILES string of the molecule is Cc1c(Cn2nnc3c(C(=O)O)cccc32)cnn1C. The fourth-order valence-electron chi connectivity index (χ4n) is 2.14. The van der Waals surface area contributed by atoms with Crippen molar-refractivity contribution in [1.29, 1.82) is 0 Å². The van der Waals surface area contributed by atoms with Gasteiger partial charge in [-0.25, -0.2) is 9.48 Å². The minimum Gasteiger partial charge on any atom is -0.478 e. The molecule has 0 saturated heterocycles. The van der Waals surface area contributed by atoms with Crippen molar-refractivity contribution in [2.75, 3.05) is 0 Å². The molecule has 7 nitrogen and oxygen atoms in total. The number of aromatic nitrogens is 5. The second-order valence-electron chi connectivity index (χ2n) is 4.60. The maximum absolute atomic E-state index is 11.1. The van der Waals surface area contributed by atoms with E-state index in [9.17, 15) is 4.79 Å². The molecule has 20 heavy (non-hydrogen) atoms. The molecule has 1 aromatic carbocycles. The number of hydrogen-bond donors (Lipinski definition) is 1. The highest BCUT2D eigenvalue weighted by molar-refractivity contribution is 6.00. The van der Waals surface area contributed by atoms with E-state index in [1.54, 1.807) is 21.6 Å². The maximum Gasteiger partial charge on any atom is 0.338 e. The van der Waals surface area contributed by atoms with Crippen LogP contribution >= 0.6 is 0 Å². The molecule has 0 spiro atoms. The Hall–Kier alpha value is -2.70. The van der Waals surface area contributed by atoms with Crippen molar-refractivity contribution in [2.24, 2.45) is 7.05 Å². The van der Waals surface area contributed by atoms with E-state index in [1.165, 1.54) is 6.07 Å². The zero-order chi connectivity index (χ0) is 14.3. The summed E-state index contributed by atoms with van der Waals surface area (Å²) < 4.78 is 3.48. The molecular weight excluding hydrogens is 258 g/mol. The molecule has 2 heterocycles. The van der Waals surface area contributed by atoms with Crippen molar-refractivity contribution in [3.63, 3.8) is 0 Å². The van der Waals surface area contributed by atoms with Crippen molar-refractivity contribution in [3.05, 3.63) is 41.2 Å². The molecule has 0 aliphatic heterocycles. The average molecular weight is 271 g/mol. The van der Waals surface area contributed by atoms with Crippen LogP contribution in [0.25, 0.3) is 11.0 Å². The Morgan fingerprint density at radius 2 is 2.20 bits per heavy atom. The Bertz CT molecular complexity index is 802. The molecule has 0 saturated carbocycles. The summed E-state index contributed by atoms with van der Waals surface area (Å²) in [5.41, 5.74) is 3.34. The van der Waals surface area contributed by atoms with Crippen LogP contribution < -0.4 is 0 Å². The fraction of sp³-hybridized carbons (Fsp3) is 0.231. The Morgan fingerprint density at radius 1 is 1.40 bits per heavy atom. The van der Waals surface area contributed by atoms with E-state index in [1.807, 2.05) is 20.0 Å². The number of rotatable bonds is 3. The summed E-state index contributed by atoms with van der Waals surface area (Å²) in [6, 6.07) is 5.04. The topological polar surface area (TPSA) is 85.8 Å². The van der Waals surface area contributed by atoms with E-state index in [2.05, 4.69) is 15.4 Å². The third kappa shape index (κ3) is 1.83. The number of aryl methyl sites for hydroxylation is 1. The highest BCUT2D eigenvalue weighted by atomic mass is 16.4. The van der Waals surface area contributed by atoms with Crippen LogP contribution in [0.15, 0.2) is 24.4 Å². The van der Waals surface area contributed by atoms with Gasteiger partial charge in [0.25, 0.3) is 0 Å². The average Bonchev–Trinajstić information content (AvgIpc) is 2.97. The Labute approximate surface area is 114 Å². The lowest BCUT2D eigenvalue weighted by Gasteiger charge is -2.02. The first kappa shape index (κ1) is 12.3. The van der Waals surface area contributed by atoms with Crippen LogP contribution in [-0.4, -0.2) is 35.9 Å². The van der Waals surface area contributed by atoms with Crippen LogP contribution in [0.4, 0.5) is 0 Å². The second kappa shape index (κ2) is 4.44. The van der Waals surface area contributed by atoms with Gasteiger partial charge in [0.15, 0.2) is 0 Å². The minimum atomic E-state index is -1.000. The predicted octanol–water partition coefficient (Wildman–Crippen LogP) is 1.22. The third-order valence-corrected chi connectivity index (χ3v) is 3.43. The van der Waals surface area contributed by atoms with Gasteiger partial charge in [0.2, 0.25) is 0 Å². The predicted molar refractivity (Wildman–Crippen MR) is 71.5 cm³/mol. The first-order valence-corrected chi connectivity index (χ1v) is 6.11. The fourth-order valence-corrected chi connectivity index (χ4v) is 2.14. The number of hydrogen-bond acceptors (Lipinski definition) is 4. The minimum absolute atomic E-state index is 0.164. The Balaban J connectivity index is 2.07. The molecule has 0 aliphatic carbocycles. The van der Waals surface area contributed by atoms with Crippen molar-refractivity contribution in [2.45, 2.75) is 13.5 Å². The van der Waals surface area contributed by atoms with Crippen LogP contribution in [0.2, 0.25) is 0 Å². The molecule has 0 radical (unpaired) electrons. The van der Waals surface area contributed by atoms with Crippen molar-refractivity contribution in [1.82, 2.24) is 24.8 Å². The largest absolute Gasteiger partial charge is 0.478 e. The number of aromatic carboxylic acids is 1. The van der Waals surface area contributed by atoms with E-state index < -0.39 is 5.97 Å². The van der Waals surface area contributed by atoms with E-state index in [-0.39, 0.29) is 5.56 Å². The molecule has 0 fully saturated rings. The summed E-state index contributed by atoms with van der Waals surface area (Å²) in [6.07, 6.45) is 1.78. The highest BCUT2D eigenvalue weighted by Gasteiger charge is 2.14. The van der Waals surface area contributed by atoms with Gasteiger partial charge in [-0.05, 0) is 19.1 Å². The molecule has 1 N–H and O–H groups in total. The lowest BCUT2D eigenvalue weighted by atomic mass is 10.2. The van der Waals surface area contributed by atoms with E-state index in [0.29, 0.717) is 17.6 Å². The molecule has 0 atom stereocenters. The summed E-state index contributed by atoms with van der Waals surface area (Å²) in [5.74, 6) is -1.000. The van der Waals surface area contributed by atoms with Gasteiger partial charge in [0.05, 0.1) is 23.8 Å². The number of nitrogens with zero attached hydrogens (tertiary/aromatic N) is 5. The molecule has 3 aromatic rings. The number of fused-ring (bicyclic) bond motifs is 1. The lowest BCUT2D eigenvalue weighted by molar-refractivity contribution is 0.0699. The van der Waals surface area contributed by atoms with Gasteiger partial charge in [0, 0.05) is 18.3 Å². The molecule has 3 rings (SSSR count). The van der Waals surface area contributed by atoms with E-state index in [0.717, 1.165) is 11.3 Å². The summed E-state index contributed by atoms with van der Waals surface area (Å²) in [5, 5.41) is 21.4. The van der Waals surface area contributed by atoms with Gasteiger partial charge < -0.3 is 5.11 Å². The van der Waals surface area contributed by atoms with E-state index in [4.69, 9.17) is 5.11 Å². The highest BCUT2D eigenvalue weighted by Crippen LogP contribution is 2.18. The standard InChI is InChI=1S/C13H13N5O2/c1-8-9(6-14-17(8)2)7-18-11-5-3-4-10(13(19)20)12(11)15-16-18/h3-6H,7H2,1-2H3,(H,19,20). The van der Waals surface area contributed by atoms with Gasteiger partial charge in [-0.15, -0.1) is 5.10 Å². The molecular formula is C13H13N5O2. The monoisotopic (exact) mass is 271 g/mol. The van der Waals surface area contributed by atoms with Gasteiger partial charge in [0.1, 0.15) is 5.52 Å². The lowest BCUT2D eigenvalue weighted by Crippen LogP contribution is -2.03. The Morgan fingerprint density at radius 3 is 2.85 bits per heavy atom. The van der Waals surface area contributed by atoms with Crippen LogP contribution in [0, 0.1) is 6.92 Å².